The van der Waals surface area contributed by atoms with Crippen LogP contribution in [0.4, 0.5) is 0 Å². The molecule has 0 unspecified atom stereocenters. The molecule has 6 nitrogen and oxygen atoms in total. The molecule has 0 aromatic rings. The smallest absolute Gasteiger partial charge is 0.273 e. The minimum absolute atomic E-state index is 0.517. The lowest BCUT2D eigenvalue weighted by molar-refractivity contribution is -0.143. The molecule has 1 atom stereocenters. The van der Waals surface area contributed by atoms with Crippen molar-refractivity contribution in [2.45, 2.75) is 12.5 Å². The molecule has 0 saturated carbocycles. The molecule has 4 N–H and O–H groups in total. The first-order chi connectivity index (χ1) is 5.52. The van der Waals surface area contributed by atoms with Crippen LogP contribution >= 0.6 is 0 Å². The third kappa shape index (κ3) is 1.72. The largest absolute Gasteiger partial charge is 0.357 e. The Labute approximate surface area is 70.3 Å². The lowest BCUT2D eigenvalue weighted by Crippen LogP contribution is -2.61. The van der Waals surface area contributed by atoms with E-state index in [1.54, 1.807) is 0 Å². The fourth-order valence-electron chi connectivity index (χ4n) is 0.692. The first kappa shape index (κ1) is 10.9. The summed E-state index contributed by atoms with van der Waals surface area (Å²) in [6, 6.07) is 0. The summed E-state index contributed by atoms with van der Waals surface area (Å²) in [6.45, 7) is 1.36. The van der Waals surface area contributed by atoms with E-state index < -0.39 is 17.4 Å². The average molecular weight is 175 g/mol. The number of hydroxylamine groups is 1. The Balaban J connectivity index is 4.66. The van der Waals surface area contributed by atoms with Gasteiger partial charge in [-0.15, -0.1) is 0 Å². The number of hydrogen-bond acceptors (Lipinski definition) is 4. The van der Waals surface area contributed by atoms with E-state index in [2.05, 4.69) is 10.6 Å². The van der Waals surface area contributed by atoms with E-state index in [4.69, 9.17) is 5.21 Å². The molecule has 2 amide bonds. The monoisotopic (exact) mass is 175 g/mol. The summed E-state index contributed by atoms with van der Waals surface area (Å²) in [5, 5.41) is 13.1. The summed E-state index contributed by atoms with van der Waals surface area (Å²) >= 11 is 0. The third-order valence-electron chi connectivity index (χ3n) is 1.74. The molecule has 0 saturated heterocycles. The second-order valence-electron chi connectivity index (χ2n) is 2.40. The van der Waals surface area contributed by atoms with Gasteiger partial charge in [0.15, 0.2) is 5.54 Å². The zero-order valence-corrected chi connectivity index (χ0v) is 7.26. The Morgan fingerprint density at radius 1 is 1.25 bits per heavy atom. The number of nitrogens with one attached hydrogen (secondary N) is 3. The van der Waals surface area contributed by atoms with Gasteiger partial charge in [0, 0.05) is 7.05 Å². The van der Waals surface area contributed by atoms with Crippen LogP contribution in [0.2, 0.25) is 0 Å². The SMILES string of the molecule is CNC(=O)[C@](C)(NC)C(=O)NO. The van der Waals surface area contributed by atoms with Crippen molar-refractivity contribution in [2.75, 3.05) is 14.1 Å². The Kier molecular flexibility index (Phi) is 3.65. The van der Waals surface area contributed by atoms with Gasteiger partial charge < -0.3 is 5.32 Å². The molecule has 0 radical (unpaired) electrons. The highest BCUT2D eigenvalue weighted by atomic mass is 16.5. The Hall–Kier alpha value is -1.14. The van der Waals surface area contributed by atoms with Crippen molar-refractivity contribution in [3.63, 3.8) is 0 Å². The highest BCUT2D eigenvalue weighted by Crippen LogP contribution is 2.01. The van der Waals surface area contributed by atoms with E-state index in [9.17, 15) is 9.59 Å². The molecule has 6 heteroatoms. The second-order valence-corrected chi connectivity index (χ2v) is 2.40. The zero-order chi connectivity index (χ0) is 9.78. The van der Waals surface area contributed by atoms with Crippen LogP contribution in [-0.4, -0.2) is 36.7 Å². The van der Waals surface area contributed by atoms with Gasteiger partial charge in [-0.1, -0.05) is 0 Å². The average Bonchev–Trinajstić information content (AvgIpc) is 2.13. The van der Waals surface area contributed by atoms with E-state index in [1.165, 1.54) is 26.5 Å². The maximum absolute atomic E-state index is 11.1. The quantitative estimate of drug-likeness (QED) is 0.232. The van der Waals surface area contributed by atoms with Gasteiger partial charge in [-0.05, 0) is 14.0 Å². The van der Waals surface area contributed by atoms with Crippen molar-refractivity contribution in [3.8, 4) is 0 Å². The molecule has 0 rings (SSSR count). The van der Waals surface area contributed by atoms with Crippen LogP contribution in [0.5, 0.6) is 0 Å². The molecule has 0 aliphatic heterocycles. The van der Waals surface area contributed by atoms with E-state index in [0.29, 0.717) is 0 Å². The molecule has 0 bridgehead atoms. The minimum atomic E-state index is -1.44. The van der Waals surface area contributed by atoms with Crippen LogP contribution in [-0.2, 0) is 9.59 Å². The molecule has 0 heterocycles. The standard InChI is InChI=1S/C6H13N3O3/c1-6(8-3,4(10)7-2)5(11)9-12/h8,12H,1-3H3,(H,7,10)(H,9,11)/t6-/m0/s1. The second kappa shape index (κ2) is 4.03. The molecule has 0 spiro atoms. The molecule has 0 aliphatic rings. The van der Waals surface area contributed by atoms with Crippen LogP contribution in [0, 0.1) is 0 Å². The van der Waals surface area contributed by atoms with Gasteiger partial charge in [-0.25, -0.2) is 5.48 Å². The van der Waals surface area contributed by atoms with Crippen LogP contribution in [0.1, 0.15) is 6.92 Å². The van der Waals surface area contributed by atoms with Gasteiger partial charge in [0.2, 0.25) is 5.91 Å². The summed E-state index contributed by atoms with van der Waals surface area (Å²) in [7, 11) is 2.85. The van der Waals surface area contributed by atoms with Crippen molar-refractivity contribution in [1.29, 1.82) is 0 Å². The van der Waals surface area contributed by atoms with Crippen LogP contribution in [0.15, 0.2) is 0 Å². The van der Waals surface area contributed by atoms with Crippen molar-refractivity contribution in [2.24, 2.45) is 0 Å². The van der Waals surface area contributed by atoms with Crippen LogP contribution in [0.25, 0.3) is 0 Å². The summed E-state index contributed by atoms with van der Waals surface area (Å²) in [5.41, 5.74) is -0.0315. The highest BCUT2D eigenvalue weighted by Gasteiger charge is 2.38. The van der Waals surface area contributed by atoms with Gasteiger partial charge in [0.05, 0.1) is 0 Å². The molecule has 0 aliphatic carbocycles. The lowest BCUT2D eigenvalue weighted by Gasteiger charge is -2.23. The normalized spacial score (nSPS) is 14.7. The number of likely N-dealkylation sites (N-methyl/N-ethyl adjacent to an activating group) is 2. The van der Waals surface area contributed by atoms with E-state index in [-0.39, 0.29) is 0 Å². The maximum atomic E-state index is 11.1. The van der Waals surface area contributed by atoms with E-state index in [0.717, 1.165) is 0 Å². The Morgan fingerprint density at radius 3 is 2.00 bits per heavy atom. The summed E-state index contributed by atoms with van der Waals surface area (Å²) in [6.07, 6.45) is 0. The predicted octanol–water partition coefficient (Wildman–Crippen LogP) is -1.78. The molecule has 70 valence electrons. The summed E-state index contributed by atoms with van der Waals surface area (Å²) in [4.78, 5) is 22.1. The number of carbonyl (C=O) groups is 2. The van der Waals surface area contributed by atoms with E-state index in [1.807, 2.05) is 0 Å². The number of amides is 2. The van der Waals surface area contributed by atoms with Gasteiger partial charge in [-0.2, -0.15) is 0 Å². The van der Waals surface area contributed by atoms with Crippen LogP contribution in [0.3, 0.4) is 0 Å². The Morgan fingerprint density at radius 2 is 1.75 bits per heavy atom. The van der Waals surface area contributed by atoms with Crippen molar-refractivity contribution in [3.05, 3.63) is 0 Å². The number of rotatable bonds is 3. The predicted molar refractivity (Wildman–Crippen MR) is 41.5 cm³/mol. The lowest BCUT2D eigenvalue weighted by atomic mass is 10.0. The maximum Gasteiger partial charge on any atom is 0.273 e. The third-order valence-corrected chi connectivity index (χ3v) is 1.74. The molecular formula is C6H13N3O3. The minimum Gasteiger partial charge on any atom is -0.357 e. The molecule has 12 heavy (non-hydrogen) atoms. The summed E-state index contributed by atoms with van der Waals surface area (Å²) < 4.78 is 0. The molecule has 0 aromatic carbocycles. The Bertz CT molecular complexity index is 176. The fraction of sp³-hybridized carbons (Fsp3) is 0.667. The molecule has 0 aromatic heterocycles. The highest BCUT2D eigenvalue weighted by molar-refractivity contribution is 6.08. The van der Waals surface area contributed by atoms with Gasteiger partial charge in [0.1, 0.15) is 0 Å². The first-order valence-corrected chi connectivity index (χ1v) is 3.38. The van der Waals surface area contributed by atoms with Crippen LogP contribution < -0.4 is 16.1 Å². The van der Waals surface area contributed by atoms with Gasteiger partial charge in [0.25, 0.3) is 5.91 Å². The van der Waals surface area contributed by atoms with Crippen molar-refractivity contribution >= 4 is 11.8 Å². The first-order valence-electron chi connectivity index (χ1n) is 3.38. The fourth-order valence-corrected chi connectivity index (χ4v) is 0.692. The van der Waals surface area contributed by atoms with Crippen molar-refractivity contribution < 1.29 is 14.8 Å². The van der Waals surface area contributed by atoms with Gasteiger partial charge in [-0.3, -0.25) is 20.1 Å². The van der Waals surface area contributed by atoms with E-state index >= 15 is 0 Å². The topological polar surface area (TPSA) is 90.5 Å². The van der Waals surface area contributed by atoms with Gasteiger partial charge >= 0.3 is 0 Å². The summed E-state index contributed by atoms with van der Waals surface area (Å²) in [5.74, 6) is -1.32. The molecule has 0 fully saturated rings. The zero-order valence-electron chi connectivity index (χ0n) is 7.26. The number of hydrogen-bond donors (Lipinski definition) is 4. The number of carbonyl (C=O) groups excluding carboxylic acids is 2. The van der Waals surface area contributed by atoms with Crippen molar-refractivity contribution in [1.82, 2.24) is 16.1 Å². The molecular weight excluding hydrogens is 162 g/mol.